The lowest BCUT2D eigenvalue weighted by molar-refractivity contribution is -0.127. The van der Waals surface area contributed by atoms with Crippen LogP contribution in [-0.4, -0.2) is 32.2 Å². The summed E-state index contributed by atoms with van der Waals surface area (Å²) in [7, 11) is 0. The molecule has 1 heterocycles. The van der Waals surface area contributed by atoms with Crippen molar-refractivity contribution in [3.63, 3.8) is 0 Å². The SMILES string of the molecule is CC(Oc1ccc(-n2cnnn2)cc1)C(=O)NCc1ccc(F)cc1. The summed E-state index contributed by atoms with van der Waals surface area (Å²) in [6, 6.07) is 13.0. The molecule has 0 radical (unpaired) electrons. The first-order chi connectivity index (χ1) is 12.1. The Kier molecular flexibility index (Phi) is 4.98. The highest BCUT2D eigenvalue weighted by molar-refractivity contribution is 5.80. The maximum Gasteiger partial charge on any atom is 0.261 e. The maximum atomic E-state index is 12.9. The van der Waals surface area contributed by atoms with E-state index in [2.05, 4.69) is 20.8 Å². The second-order valence-corrected chi connectivity index (χ2v) is 5.35. The van der Waals surface area contributed by atoms with Crippen LogP contribution in [-0.2, 0) is 11.3 Å². The molecule has 1 N–H and O–H groups in total. The molecule has 0 saturated heterocycles. The lowest BCUT2D eigenvalue weighted by Crippen LogP contribution is -2.35. The lowest BCUT2D eigenvalue weighted by atomic mass is 10.2. The predicted molar refractivity (Wildman–Crippen MR) is 87.5 cm³/mol. The van der Waals surface area contributed by atoms with Crippen LogP contribution in [0.25, 0.3) is 5.69 Å². The van der Waals surface area contributed by atoms with Crippen LogP contribution in [0.4, 0.5) is 4.39 Å². The number of carbonyl (C=O) groups is 1. The number of nitrogens with zero attached hydrogens (tertiary/aromatic N) is 4. The Morgan fingerprint density at radius 2 is 1.92 bits per heavy atom. The van der Waals surface area contributed by atoms with Crippen LogP contribution in [0.15, 0.2) is 54.9 Å². The molecule has 3 rings (SSSR count). The second kappa shape index (κ2) is 7.52. The van der Waals surface area contributed by atoms with Gasteiger partial charge in [-0.1, -0.05) is 12.1 Å². The number of carbonyl (C=O) groups excluding carboxylic acids is 1. The summed E-state index contributed by atoms with van der Waals surface area (Å²) in [4.78, 5) is 12.1. The predicted octanol–water partition coefficient (Wildman–Crippen LogP) is 1.89. The van der Waals surface area contributed by atoms with Crippen molar-refractivity contribution in [1.82, 2.24) is 25.5 Å². The van der Waals surface area contributed by atoms with Gasteiger partial charge in [0.2, 0.25) is 0 Å². The normalized spacial score (nSPS) is 11.8. The van der Waals surface area contributed by atoms with Crippen LogP contribution in [0.5, 0.6) is 5.75 Å². The van der Waals surface area contributed by atoms with Crippen LogP contribution in [0, 0.1) is 5.82 Å². The number of benzene rings is 2. The van der Waals surface area contributed by atoms with Gasteiger partial charge < -0.3 is 10.1 Å². The number of rotatable bonds is 6. The summed E-state index contributed by atoms with van der Waals surface area (Å²) >= 11 is 0. The minimum absolute atomic E-state index is 0.256. The number of tetrazole rings is 1. The van der Waals surface area contributed by atoms with Crippen molar-refractivity contribution in [1.29, 1.82) is 0 Å². The number of hydrogen-bond donors (Lipinski definition) is 1. The first-order valence-corrected chi connectivity index (χ1v) is 7.64. The van der Waals surface area contributed by atoms with Gasteiger partial charge in [0.1, 0.15) is 17.9 Å². The van der Waals surface area contributed by atoms with Crippen molar-refractivity contribution in [2.75, 3.05) is 0 Å². The third-order valence-corrected chi connectivity index (χ3v) is 3.51. The molecule has 1 aromatic heterocycles. The maximum absolute atomic E-state index is 12.9. The molecule has 0 bridgehead atoms. The molecule has 0 aliphatic carbocycles. The Morgan fingerprint density at radius 1 is 1.20 bits per heavy atom. The van der Waals surface area contributed by atoms with Crippen LogP contribution in [0.1, 0.15) is 12.5 Å². The first-order valence-electron chi connectivity index (χ1n) is 7.64. The van der Waals surface area contributed by atoms with E-state index in [1.54, 1.807) is 43.3 Å². The number of hydrogen-bond acceptors (Lipinski definition) is 5. The Labute approximate surface area is 143 Å². The van der Waals surface area contributed by atoms with Gasteiger partial charge in [-0.3, -0.25) is 4.79 Å². The van der Waals surface area contributed by atoms with E-state index in [1.807, 2.05) is 0 Å². The molecule has 8 heteroatoms. The molecular weight excluding hydrogens is 325 g/mol. The lowest BCUT2D eigenvalue weighted by Gasteiger charge is -2.15. The standard InChI is InChI=1S/C17H16FN5O2/c1-12(17(24)19-10-13-2-4-14(18)5-3-13)25-16-8-6-15(7-9-16)23-11-20-21-22-23/h2-9,11-12H,10H2,1H3,(H,19,24). The van der Waals surface area contributed by atoms with Gasteiger partial charge in [0.25, 0.3) is 5.91 Å². The Bertz CT molecular complexity index is 819. The quantitative estimate of drug-likeness (QED) is 0.740. The number of amides is 1. The van der Waals surface area contributed by atoms with Gasteiger partial charge in [-0.15, -0.1) is 5.10 Å². The second-order valence-electron chi connectivity index (χ2n) is 5.35. The summed E-state index contributed by atoms with van der Waals surface area (Å²) in [6.45, 7) is 1.97. The number of halogens is 1. The van der Waals surface area contributed by atoms with Gasteiger partial charge in [-0.2, -0.15) is 0 Å². The van der Waals surface area contributed by atoms with E-state index in [9.17, 15) is 9.18 Å². The molecule has 1 unspecified atom stereocenters. The zero-order chi connectivity index (χ0) is 17.6. The van der Waals surface area contributed by atoms with Gasteiger partial charge in [0, 0.05) is 6.54 Å². The van der Waals surface area contributed by atoms with Crippen molar-refractivity contribution in [2.24, 2.45) is 0 Å². The summed E-state index contributed by atoms with van der Waals surface area (Å²) in [6.07, 6.45) is 0.820. The molecule has 3 aromatic rings. The fourth-order valence-corrected chi connectivity index (χ4v) is 2.15. The minimum atomic E-state index is -0.667. The average Bonchev–Trinajstić information content (AvgIpc) is 3.16. The molecule has 0 fully saturated rings. The molecular formula is C17H16FN5O2. The topological polar surface area (TPSA) is 81.9 Å². The fourth-order valence-electron chi connectivity index (χ4n) is 2.15. The molecule has 0 saturated carbocycles. The largest absolute Gasteiger partial charge is 0.481 e. The Balaban J connectivity index is 1.53. The summed E-state index contributed by atoms with van der Waals surface area (Å²) in [5, 5.41) is 13.7. The van der Waals surface area contributed by atoms with Crippen molar-refractivity contribution < 1.29 is 13.9 Å². The number of ether oxygens (including phenoxy) is 1. The first kappa shape index (κ1) is 16.6. The Hall–Kier alpha value is -3.29. The smallest absolute Gasteiger partial charge is 0.261 e. The number of nitrogens with one attached hydrogen (secondary N) is 1. The summed E-state index contributed by atoms with van der Waals surface area (Å²) < 4.78 is 20.0. The van der Waals surface area contributed by atoms with E-state index >= 15 is 0 Å². The van der Waals surface area contributed by atoms with Crippen LogP contribution in [0.3, 0.4) is 0 Å². The van der Waals surface area contributed by atoms with Crippen molar-refractivity contribution in [3.8, 4) is 11.4 Å². The van der Waals surface area contributed by atoms with Gasteiger partial charge in [-0.25, -0.2) is 9.07 Å². The fraction of sp³-hybridized carbons (Fsp3) is 0.176. The molecule has 0 aliphatic rings. The Morgan fingerprint density at radius 3 is 2.56 bits per heavy atom. The van der Waals surface area contributed by atoms with Crippen molar-refractivity contribution >= 4 is 5.91 Å². The molecule has 128 valence electrons. The average molecular weight is 341 g/mol. The zero-order valence-electron chi connectivity index (χ0n) is 13.5. The van der Waals surface area contributed by atoms with Crippen molar-refractivity contribution in [3.05, 3.63) is 66.2 Å². The molecule has 0 aliphatic heterocycles. The van der Waals surface area contributed by atoms with E-state index in [0.29, 0.717) is 12.3 Å². The molecule has 1 atom stereocenters. The monoisotopic (exact) mass is 341 g/mol. The minimum Gasteiger partial charge on any atom is -0.481 e. The van der Waals surface area contributed by atoms with Gasteiger partial charge in [-0.05, 0) is 59.3 Å². The number of aromatic nitrogens is 4. The molecule has 1 amide bonds. The summed E-state index contributed by atoms with van der Waals surface area (Å²) in [5.41, 5.74) is 1.60. The van der Waals surface area contributed by atoms with Crippen LogP contribution in [0.2, 0.25) is 0 Å². The van der Waals surface area contributed by atoms with E-state index in [4.69, 9.17) is 4.74 Å². The highest BCUT2D eigenvalue weighted by Crippen LogP contribution is 2.15. The molecule has 0 spiro atoms. The van der Waals surface area contributed by atoms with E-state index in [-0.39, 0.29) is 11.7 Å². The van der Waals surface area contributed by atoms with E-state index in [0.717, 1.165) is 11.3 Å². The van der Waals surface area contributed by atoms with E-state index < -0.39 is 6.10 Å². The van der Waals surface area contributed by atoms with Gasteiger partial charge in [0.15, 0.2) is 6.10 Å². The molecule has 2 aromatic carbocycles. The molecule has 25 heavy (non-hydrogen) atoms. The van der Waals surface area contributed by atoms with Crippen LogP contribution < -0.4 is 10.1 Å². The van der Waals surface area contributed by atoms with Crippen molar-refractivity contribution in [2.45, 2.75) is 19.6 Å². The summed E-state index contributed by atoms with van der Waals surface area (Å²) in [5.74, 6) is -0.00738. The third-order valence-electron chi connectivity index (χ3n) is 3.51. The van der Waals surface area contributed by atoms with E-state index in [1.165, 1.54) is 23.1 Å². The highest BCUT2D eigenvalue weighted by Gasteiger charge is 2.14. The third kappa shape index (κ3) is 4.37. The van der Waals surface area contributed by atoms with Gasteiger partial charge >= 0.3 is 0 Å². The zero-order valence-corrected chi connectivity index (χ0v) is 13.5. The molecule has 7 nitrogen and oxygen atoms in total. The van der Waals surface area contributed by atoms with Gasteiger partial charge in [0.05, 0.1) is 5.69 Å². The highest BCUT2D eigenvalue weighted by atomic mass is 19.1. The van der Waals surface area contributed by atoms with Crippen LogP contribution >= 0.6 is 0 Å².